The van der Waals surface area contributed by atoms with Crippen molar-refractivity contribution < 1.29 is 9.26 Å². The summed E-state index contributed by atoms with van der Waals surface area (Å²) in [4.78, 5) is 9.42. The first kappa shape index (κ1) is 18.9. The minimum atomic E-state index is 0.556. The van der Waals surface area contributed by atoms with Crippen LogP contribution in [-0.2, 0) is 13.0 Å². The summed E-state index contributed by atoms with van der Waals surface area (Å²) < 4.78 is 10.6. The zero-order valence-corrected chi connectivity index (χ0v) is 16.9. The van der Waals surface area contributed by atoms with Crippen molar-refractivity contribution in [3.8, 4) is 17.1 Å². The van der Waals surface area contributed by atoms with Crippen molar-refractivity contribution in [2.45, 2.75) is 33.2 Å². The van der Waals surface area contributed by atoms with Crippen LogP contribution in [0.1, 0.15) is 30.4 Å². The van der Waals surface area contributed by atoms with Crippen molar-refractivity contribution >= 4 is 16.7 Å². The van der Waals surface area contributed by atoms with Gasteiger partial charge in [0.1, 0.15) is 11.6 Å². The Morgan fingerprint density at radius 2 is 1.86 bits per heavy atom. The highest BCUT2D eigenvalue weighted by atomic mass is 16.5. The molecule has 0 saturated heterocycles. The molecule has 0 saturated carbocycles. The van der Waals surface area contributed by atoms with Crippen molar-refractivity contribution in [3.63, 3.8) is 0 Å². The maximum absolute atomic E-state index is 5.40. The summed E-state index contributed by atoms with van der Waals surface area (Å²) in [5.74, 6) is 2.78. The molecular formula is C23H24N4O2. The summed E-state index contributed by atoms with van der Waals surface area (Å²) in [6.45, 7) is 4.78. The molecule has 4 rings (SSSR count). The maximum Gasteiger partial charge on any atom is 0.226 e. The van der Waals surface area contributed by atoms with Crippen LogP contribution in [-0.4, -0.2) is 22.2 Å². The molecule has 148 valence electrons. The number of fused-ring (bicyclic) bond motifs is 1. The van der Waals surface area contributed by atoms with Gasteiger partial charge in [-0.05, 0) is 48.7 Å². The van der Waals surface area contributed by atoms with E-state index in [-0.39, 0.29) is 0 Å². The van der Waals surface area contributed by atoms with Crippen LogP contribution in [0, 0.1) is 6.92 Å². The van der Waals surface area contributed by atoms with Gasteiger partial charge in [-0.15, -0.1) is 0 Å². The molecule has 0 amide bonds. The zero-order chi connectivity index (χ0) is 20.2. The molecule has 0 aliphatic heterocycles. The molecule has 2 aromatic carbocycles. The Kier molecular flexibility index (Phi) is 5.42. The van der Waals surface area contributed by atoms with Gasteiger partial charge >= 0.3 is 0 Å². The van der Waals surface area contributed by atoms with E-state index in [0.717, 1.165) is 46.4 Å². The fraction of sp³-hybridized carbons (Fsp3) is 0.261. The first-order valence-electron chi connectivity index (χ1n) is 9.77. The van der Waals surface area contributed by atoms with E-state index in [4.69, 9.17) is 14.2 Å². The maximum atomic E-state index is 5.40. The third kappa shape index (κ3) is 4.21. The Labute approximate surface area is 169 Å². The number of aryl methyl sites for hydroxylation is 2. The smallest absolute Gasteiger partial charge is 0.226 e. The lowest BCUT2D eigenvalue weighted by Crippen LogP contribution is -2.04. The molecule has 6 nitrogen and oxygen atoms in total. The number of hydrogen-bond donors (Lipinski definition) is 1. The van der Waals surface area contributed by atoms with Gasteiger partial charge in [-0.1, -0.05) is 36.3 Å². The SMILES string of the molecule is CCCc1nc(-c2cc3ccc(C)cc3nc2NCc2ccc(OC)cc2)no1. The van der Waals surface area contributed by atoms with Crippen LogP contribution >= 0.6 is 0 Å². The summed E-state index contributed by atoms with van der Waals surface area (Å²) in [6, 6.07) is 16.3. The molecular weight excluding hydrogens is 364 g/mol. The highest BCUT2D eigenvalue weighted by Crippen LogP contribution is 2.29. The molecule has 0 atom stereocenters. The third-order valence-electron chi connectivity index (χ3n) is 4.77. The molecule has 2 heterocycles. The van der Waals surface area contributed by atoms with Crippen molar-refractivity contribution in [1.29, 1.82) is 0 Å². The van der Waals surface area contributed by atoms with E-state index in [1.54, 1.807) is 7.11 Å². The average Bonchev–Trinajstić information content (AvgIpc) is 3.20. The predicted molar refractivity (Wildman–Crippen MR) is 114 cm³/mol. The van der Waals surface area contributed by atoms with Gasteiger partial charge in [0.15, 0.2) is 0 Å². The number of hydrogen-bond acceptors (Lipinski definition) is 6. The summed E-state index contributed by atoms with van der Waals surface area (Å²) >= 11 is 0. The number of methoxy groups -OCH3 is 1. The predicted octanol–water partition coefficient (Wildman–Crippen LogP) is 5.17. The Balaban J connectivity index is 1.70. The molecule has 0 aliphatic rings. The Hall–Kier alpha value is -3.41. The van der Waals surface area contributed by atoms with Gasteiger partial charge in [-0.3, -0.25) is 0 Å². The molecule has 6 heteroatoms. The lowest BCUT2D eigenvalue weighted by molar-refractivity contribution is 0.378. The Morgan fingerprint density at radius 1 is 1.03 bits per heavy atom. The first-order valence-corrected chi connectivity index (χ1v) is 9.77. The van der Waals surface area contributed by atoms with E-state index in [1.807, 2.05) is 24.3 Å². The number of rotatable bonds is 7. The van der Waals surface area contributed by atoms with Crippen molar-refractivity contribution in [2.24, 2.45) is 0 Å². The van der Waals surface area contributed by atoms with E-state index in [2.05, 4.69) is 53.6 Å². The molecule has 0 radical (unpaired) electrons. The fourth-order valence-corrected chi connectivity index (χ4v) is 3.19. The van der Waals surface area contributed by atoms with Crippen LogP contribution in [0.15, 0.2) is 53.1 Å². The topological polar surface area (TPSA) is 73.1 Å². The summed E-state index contributed by atoms with van der Waals surface area (Å²) in [5.41, 5.74) is 4.07. The van der Waals surface area contributed by atoms with Gasteiger partial charge in [-0.2, -0.15) is 4.98 Å². The van der Waals surface area contributed by atoms with Crippen molar-refractivity contribution in [3.05, 3.63) is 65.5 Å². The monoisotopic (exact) mass is 388 g/mol. The fourth-order valence-electron chi connectivity index (χ4n) is 3.19. The third-order valence-corrected chi connectivity index (χ3v) is 4.77. The molecule has 4 aromatic rings. The van der Waals surface area contributed by atoms with Crippen molar-refractivity contribution in [2.75, 3.05) is 12.4 Å². The minimum absolute atomic E-state index is 0.556. The molecule has 0 bridgehead atoms. The van der Waals surface area contributed by atoms with E-state index in [9.17, 15) is 0 Å². The molecule has 2 aromatic heterocycles. The molecule has 1 N–H and O–H groups in total. The number of anilines is 1. The second-order valence-electron chi connectivity index (χ2n) is 7.04. The molecule has 0 spiro atoms. The average molecular weight is 388 g/mol. The highest BCUT2D eigenvalue weighted by molar-refractivity contribution is 5.88. The van der Waals surface area contributed by atoms with Gasteiger partial charge in [0.2, 0.25) is 11.7 Å². The van der Waals surface area contributed by atoms with Crippen molar-refractivity contribution in [1.82, 2.24) is 15.1 Å². The second-order valence-corrected chi connectivity index (χ2v) is 7.04. The van der Waals surface area contributed by atoms with Crippen LogP contribution in [0.5, 0.6) is 5.75 Å². The van der Waals surface area contributed by atoms with Gasteiger partial charge in [0.05, 0.1) is 18.2 Å². The molecule has 0 unspecified atom stereocenters. The second kappa shape index (κ2) is 8.31. The minimum Gasteiger partial charge on any atom is -0.497 e. The highest BCUT2D eigenvalue weighted by Gasteiger charge is 2.15. The Bertz CT molecular complexity index is 1120. The lowest BCUT2D eigenvalue weighted by atomic mass is 10.1. The van der Waals surface area contributed by atoms with E-state index >= 15 is 0 Å². The summed E-state index contributed by atoms with van der Waals surface area (Å²) in [6.07, 6.45) is 1.72. The number of nitrogens with one attached hydrogen (secondary N) is 1. The van der Waals surface area contributed by atoms with Crippen LogP contribution in [0.3, 0.4) is 0 Å². The number of pyridine rings is 1. The largest absolute Gasteiger partial charge is 0.497 e. The standard InChI is InChI=1S/C23H24N4O2/c1-4-5-21-26-23(27-29-21)19-13-17-9-6-15(2)12-20(17)25-22(19)24-14-16-7-10-18(28-3)11-8-16/h6-13H,4-5,14H2,1-3H3,(H,24,25). The lowest BCUT2D eigenvalue weighted by Gasteiger charge is -2.11. The molecule has 29 heavy (non-hydrogen) atoms. The van der Waals surface area contributed by atoms with Crippen LogP contribution in [0.4, 0.5) is 5.82 Å². The van der Waals surface area contributed by atoms with E-state index < -0.39 is 0 Å². The quantitative estimate of drug-likeness (QED) is 0.471. The van der Waals surface area contributed by atoms with Gasteiger partial charge in [0.25, 0.3) is 0 Å². The number of benzene rings is 2. The Morgan fingerprint density at radius 3 is 2.62 bits per heavy atom. The van der Waals surface area contributed by atoms with E-state index in [0.29, 0.717) is 18.3 Å². The van der Waals surface area contributed by atoms with Crippen LogP contribution < -0.4 is 10.1 Å². The number of aromatic nitrogens is 3. The summed E-state index contributed by atoms with van der Waals surface area (Å²) in [5, 5.41) is 8.67. The first-order chi connectivity index (χ1) is 14.2. The number of ether oxygens (including phenoxy) is 1. The van der Waals surface area contributed by atoms with Crippen LogP contribution in [0.2, 0.25) is 0 Å². The van der Waals surface area contributed by atoms with E-state index in [1.165, 1.54) is 5.56 Å². The van der Waals surface area contributed by atoms with Crippen LogP contribution in [0.25, 0.3) is 22.3 Å². The normalized spacial score (nSPS) is 11.0. The van der Waals surface area contributed by atoms with Gasteiger partial charge < -0.3 is 14.6 Å². The summed E-state index contributed by atoms with van der Waals surface area (Å²) in [7, 11) is 1.66. The van der Waals surface area contributed by atoms with Gasteiger partial charge in [0, 0.05) is 18.4 Å². The van der Waals surface area contributed by atoms with Gasteiger partial charge in [-0.25, -0.2) is 4.98 Å². The molecule has 0 fully saturated rings. The number of nitrogens with zero attached hydrogens (tertiary/aromatic N) is 3. The molecule has 0 aliphatic carbocycles. The zero-order valence-electron chi connectivity index (χ0n) is 16.9.